The van der Waals surface area contributed by atoms with Gasteiger partial charge in [0.05, 0.1) is 7.11 Å². The van der Waals surface area contributed by atoms with E-state index in [1.54, 1.807) is 24.3 Å². The molecule has 0 aliphatic rings. The number of rotatable bonds is 3. The average molecular weight is 301 g/mol. The molecule has 0 saturated carbocycles. The minimum absolute atomic E-state index is 0.0553. The number of aliphatic hydroxyl groups excluding tert-OH is 1. The van der Waals surface area contributed by atoms with Gasteiger partial charge in [-0.2, -0.15) is 0 Å². The van der Waals surface area contributed by atoms with Crippen molar-refractivity contribution in [3.8, 4) is 5.75 Å². The third-order valence-corrected chi connectivity index (χ3v) is 3.44. The van der Waals surface area contributed by atoms with Crippen LogP contribution in [0, 0.1) is 5.82 Å². The highest BCUT2D eigenvalue weighted by Crippen LogP contribution is 2.36. The van der Waals surface area contributed by atoms with Crippen molar-refractivity contribution in [1.82, 2.24) is 0 Å². The molecule has 0 saturated heterocycles. The van der Waals surface area contributed by atoms with Gasteiger partial charge in [0.2, 0.25) is 0 Å². The number of hydrogen-bond acceptors (Lipinski definition) is 2. The molecular weight excluding hydrogens is 290 g/mol. The van der Waals surface area contributed by atoms with Crippen molar-refractivity contribution in [2.24, 2.45) is 0 Å². The zero-order chi connectivity index (χ0) is 14.0. The van der Waals surface area contributed by atoms with E-state index in [-0.39, 0.29) is 26.9 Å². The molecule has 1 N–H and O–H groups in total. The molecule has 0 radical (unpaired) electrons. The molecule has 0 bridgehead atoms. The smallest absolute Gasteiger partial charge is 0.171 e. The molecule has 0 amide bonds. The fourth-order valence-electron chi connectivity index (χ4n) is 1.82. The zero-order valence-corrected chi connectivity index (χ0v) is 11.5. The molecule has 0 spiro atoms. The maximum atomic E-state index is 14.1. The van der Waals surface area contributed by atoms with Crippen LogP contribution < -0.4 is 4.74 Å². The molecule has 0 aliphatic heterocycles. The van der Waals surface area contributed by atoms with Crippen LogP contribution in [-0.4, -0.2) is 12.2 Å². The molecule has 100 valence electrons. The summed E-state index contributed by atoms with van der Waals surface area (Å²) in [7, 11) is 1.36. The molecule has 0 fully saturated rings. The largest absolute Gasteiger partial charge is 0.494 e. The van der Waals surface area contributed by atoms with Crippen LogP contribution in [0.2, 0.25) is 10.0 Å². The first-order valence-corrected chi connectivity index (χ1v) is 6.26. The van der Waals surface area contributed by atoms with Gasteiger partial charge in [-0.05, 0) is 18.2 Å². The summed E-state index contributed by atoms with van der Waals surface area (Å²) in [6.45, 7) is 0. The van der Waals surface area contributed by atoms with E-state index in [2.05, 4.69) is 0 Å². The minimum atomic E-state index is -1.25. The zero-order valence-electron chi connectivity index (χ0n) is 10.0. The Bertz CT molecular complexity index is 582. The van der Waals surface area contributed by atoms with Crippen molar-refractivity contribution in [1.29, 1.82) is 0 Å². The lowest BCUT2D eigenvalue weighted by atomic mass is 10.0. The normalized spacial score (nSPS) is 12.3. The second-order valence-corrected chi connectivity index (χ2v) is 4.72. The predicted molar refractivity (Wildman–Crippen MR) is 73.5 cm³/mol. The maximum absolute atomic E-state index is 14.1. The number of aliphatic hydroxyl groups is 1. The molecule has 5 heteroatoms. The molecule has 2 nitrogen and oxygen atoms in total. The van der Waals surface area contributed by atoms with E-state index in [1.165, 1.54) is 19.2 Å². The number of halogens is 3. The van der Waals surface area contributed by atoms with E-state index in [1.807, 2.05) is 0 Å². The van der Waals surface area contributed by atoms with Crippen molar-refractivity contribution >= 4 is 23.2 Å². The molecule has 2 aromatic carbocycles. The Kier molecular flexibility index (Phi) is 4.30. The highest BCUT2D eigenvalue weighted by Gasteiger charge is 2.22. The van der Waals surface area contributed by atoms with Crippen molar-refractivity contribution in [2.75, 3.05) is 7.11 Å². The Morgan fingerprint density at radius 2 is 1.68 bits per heavy atom. The lowest BCUT2D eigenvalue weighted by Gasteiger charge is -2.16. The Morgan fingerprint density at radius 3 is 2.26 bits per heavy atom. The second-order valence-electron chi connectivity index (χ2n) is 3.90. The number of hydrogen-bond donors (Lipinski definition) is 1. The van der Waals surface area contributed by atoms with Gasteiger partial charge in [0.25, 0.3) is 0 Å². The standard InChI is InChI=1S/C14H11Cl2FO2/c1-19-11-7-2-4-8(13(11)17)14(18)12-9(15)5-3-6-10(12)16/h2-7,14,18H,1H3. The van der Waals surface area contributed by atoms with Gasteiger partial charge in [-0.3, -0.25) is 0 Å². The van der Waals surface area contributed by atoms with Crippen molar-refractivity contribution in [3.63, 3.8) is 0 Å². The Morgan fingerprint density at radius 1 is 1.11 bits per heavy atom. The van der Waals surface area contributed by atoms with Gasteiger partial charge >= 0.3 is 0 Å². The molecule has 1 atom stereocenters. The SMILES string of the molecule is COc1cccc(C(O)c2c(Cl)cccc2Cl)c1F. The number of benzene rings is 2. The van der Waals surface area contributed by atoms with Gasteiger partial charge in [-0.15, -0.1) is 0 Å². The van der Waals surface area contributed by atoms with E-state index in [0.29, 0.717) is 0 Å². The lowest BCUT2D eigenvalue weighted by Crippen LogP contribution is -2.05. The van der Waals surface area contributed by atoms with Gasteiger partial charge in [-0.1, -0.05) is 41.4 Å². The fraction of sp³-hybridized carbons (Fsp3) is 0.143. The van der Waals surface area contributed by atoms with Crippen LogP contribution in [-0.2, 0) is 0 Å². The van der Waals surface area contributed by atoms with E-state index in [9.17, 15) is 9.50 Å². The van der Waals surface area contributed by atoms with Gasteiger partial charge in [-0.25, -0.2) is 4.39 Å². The van der Waals surface area contributed by atoms with Crippen LogP contribution >= 0.6 is 23.2 Å². The van der Waals surface area contributed by atoms with Gasteiger partial charge in [0, 0.05) is 21.2 Å². The van der Waals surface area contributed by atoms with Gasteiger partial charge < -0.3 is 9.84 Å². The highest BCUT2D eigenvalue weighted by molar-refractivity contribution is 6.36. The van der Waals surface area contributed by atoms with Crippen LogP contribution in [0.25, 0.3) is 0 Å². The third-order valence-electron chi connectivity index (χ3n) is 2.78. The first-order valence-electron chi connectivity index (χ1n) is 5.50. The summed E-state index contributed by atoms with van der Waals surface area (Å²) in [6, 6.07) is 9.35. The van der Waals surface area contributed by atoms with Crippen LogP contribution in [0.3, 0.4) is 0 Å². The van der Waals surface area contributed by atoms with Gasteiger partial charge in [0.15, 0.2) is 11.6 Å². The minimum Gasteiger partial charge on any atom is -0.494 e. The third kappa shape index (κ3) is 2.68. The molecule has 0 aromatic heterocycles. The summed E-state index contributed by atoms with van der Waals surface area (Å²) in [5.74, 6) is -0.576. The Labute approximate surface area is 120 Å². The Hall–Kier alpha value is -1.29. The molecule has 2 aromatic rings. The van der Waals surface area contributed by atoms with Crippen LogP contribution in [0.4, 0.5) is 4.39 Å². The van der Waals surface area contributed by atoms with Crippen molar-refractivity contribution in [3.05, 3.63) is 63.4 Å². The van der Waals surface area contributed by atoms with Crippen LogP contribution in [0.15, 0.2) is 36.4 Å². The summed E-state index contributed by atoms with van der Waals surface area (Å²) in [5, 5.41) is 10.8. The van der Waals surface area contributed by atoms with Crippen molar-refractivity contribution < 1.29 is 14.2 Å². The van der Waals surface area contributed by atoms with Gasteiger partial charge in [0.1, 0.15) is 6.10 Å². The summed E-state index contributed by atoms with van der Waals surface area (Å²) >= 11 is 12.0. The summed E-state index contributed by atoms with van der Waals surface area (Å²) < 4.78 is 19.0. The first kappa shape index (κ1) is 14.1. The van der Waals surface area contributed by atoms with E-state index in [4.69, 9.17) is 27.9 Å². The Balaban J connectivity index is 2.53. The average Bonchev–Trinajstić information content (AvgIpc) is 2.38. The maximum Gasteiger partial charge on any atom is 0.171 e. The molecule has 0 heterocycles. The topological polar surface area (TPSA) is 29.5 Å². The molecule has 0 aliphatic carbocycles. The van der Waals surface area contributed by atoms with Crippen LogP contribution in [0.1, 0.15) is 17.2 Å². The quantitative estimate of drug-likeness (QED) is 0.919. The first-order chi connectivity index (χ1) is 9.06. The second kappa shape index (κ2) is 5.78. The van der Waals surface area contributed by atoms with E-state index < -0.39 is 11.9 Å². The molecule has 19 heavy (non-hydrogen) atoms. The summed E-state index contributed by atoms with van der Waals surface area (Å²) in [5.41, 5.74) is 0.340. The predicted octanol–water partition coefficient (Wildman–Crippen LogP) is 4.22. The van der Waals surface area contributed by atoms with Crippen LogP contribution in [0.5, 0.6) is 5.75 Å². The molecular formula is C14H11Cl2FO2. The fourth-order valence-corrected chi connectivity index (χ4v) is 2.43. The summed E-state index contributed by atoms with van der Waals surface area (Å²) in [6.07, 6.45) is -1.25. The lowest BCUT2D eigenvalue weighted by molar-refractivity contribution is 0.213. The number of methoxy groups -OCH3 is 1. The van der Waals surface area contributed by atoms with Crippen molar-refractivity contribution in [2.45, 2.75) is 6.10 Å². The summed E-state index contributed by atoms with van der Waals surface area (Å²) in [4.78, 5) is 0. The number of ether oxygens (including phenoxy) is 1. The van der Waals surface area contributed by atoms with E-state index >= 15 is 0 Å². The molecule has 1 unspecified atom stereocenters. The monoisotopic (exact) mass is 300 g/mol. The highest BCUT2D eigenvalue weighted by atomic mass is 35.5. The molecule has 2 rings (SSSR count). The van der Waals surface area contributed by atoms with E-state index in [0.717, 1.165) is 0 Å².